The summed E-state index contributed by atoms with van der Waals surface area (Å²) in [5, 5.41) is 10.4. The first kappa shape index (κ1) is 21.0. The molecule has 0 bridgehead atoms. The first-order chi connectivity index (χ1) is 12.5. The molecule has 3 atom stereocenters. The lowest BCUT2D eigenvalue weighted by Crippen LogP contribution is -2.46. The van der Waals surface area contributed by atoms with Gasteiger partial charge in [-0.1, -0.05) is 12.1 Å². The third-order valence-corrected chi connectivity index (χ3v) is 3.91. The molecular formula is C19H26O8. The summed E-state index contributed by atoms with van der Waals surface area (Å²) < 4.78 is 26.0. The van der Waals surface area contributed by atoms with Crippen LogP contribution in [0.4, 0.5) is 4.79 Å². The van der Waals surface area contributed by atoms with Gasteiger partial charge in [0, 0.05) is 0 Å². The Kier molecular flexibility index (Phi) is 6.33. The highest BCUT2D eigenvalue weighted by Gasteiger charge is 2.55. The van der Waals surface area contributed by atoms with Gasteiger partial charge >= 0.3 is 12.1 Å². The van der Waals surface area contributed by atoms with Crippen LogP contribution in [0, 0.1) is 0 Å². The third-order valence-electron chi connectivity index (χ3n) is 3.91. The van der Waals surface area contributed by atoms with Gasteiger partial charge < -0.3 is 28.8 Å². The summed E-state index contributed by atoms with van der Waals surface area (Å²) in [5.41, 5.74) is -1.74. The van der Waals surface area contributed by atoms with Gasteiger partial charge in [-0.2, -0.15) is 0 Å². The monoisotopic (exact) mass is 382 g/mol. The molecule has 1 aliphatic rings. The summed E-state index contributed by atoms with van der Waals surface area (Å²) in [7, 11) is 1.57. The van der Waals surface area contributed by atoms with Crippen LogP contribution in [-0.2, 0) is 30.3 Å². The summed E-state index contributed by atoms with van der Waals surface area (Å²) in [6.45, 7) is 6.26. The van der Waals surface area contributed by atoms with Crippen molar-refractivity contribution in [3.8, 4) is 5.75 Å². The predicted octanol–water partition coefficient (Wildman–Crippen LogP) is 2.21. The molecular weight excluding hydrogens is 356 g/mol. The number of benzene rings is 1. The molecule has 1 saturated heterocycles. The fraction of sp³-hybridized carbons (Fsp3) is 0.579. The van der Waals surface area contributed by atoms with Crippen LogP contribution in [0.1, 0.15) is 33.3 Å². The number of rotatable bonds is 6. The Bertz CT molecular complexity index is 659. The van der Waals surface area contributed by atoms with Crippen molar-refractivity contribution in [2.24, 2.45) is 0 Å². The molecule has 1 aromatic rings. The van der Waals surface area contributed by atoms with Crippen LogP contribution < -0.4 is 4.74 Å². The lowest BCUT2D eigenvalue weighted by Gasteiger charge is -2.25. The number of hydrogen-bond acceptors (Lipinski definition) is 8. The standard InChI is InChI=1S/C19H26O8/c1-18(2,3)27-17(21)25-11-14-15(19(4,22)16(20)26-14)24-10-12-6-8-13(23-5)9-7-12/h6-9,14-15,22H,10-11H2,1-5H3/t14-,15-,19+/m1/s1. The van der Waals surface area contributed by atoms with Crippen molar-refractivity contribution in [2.75, 3.05) is 13.7 Å². The molecule has 0 amide bonds. The Balaban J connectivity index is 1.98. The van der Waals surface area contributed by atoms with Crippen molar-refractivity contribution < 1.29 is 38.4 Å². The molecule has 0 spiro atoms. The molecule has 1 heterocycles. The first-order valence-electron chi connectivity index (χ1n) is 8.56. The maximum atomic E-state index is 11.9. The molecule has 0 aliphatic carbocycles. The topological polar surface area (TPSA) is 101 Å². The van der Waals surface area contributed by atoms with Crippen LogP contribution in [0.2, 0.25) is 0 Å². The van der Waals surface area contributed by atoms with Gasteiger partial charge in [0.25, 0.3) is 0 Å². The van der Waals surface area contributed by atoms with Crippen molar-refractivity contribution >= 4 is 12.1 Å². The molecule has 1 aliphatic heterocycles. The Morgan fingerprint density at radius 3 is 2.44 bits per heavy atom. The second-order valence-electron chi connectivity index (χ2n) is 7.45. The van der Waals surface area contributed by atoms with Gasteiger partial charge in [0.15, 0.2) is 11.7 Å². The number of cyclic esters (lactones) is 1. The van der Waals surface area contributed by atoms with Gasteiger partial charge in [-0.05, 0) is 45.4 Å². The van der Waals surface area contributed by atoms with E-state index in [4.69, 9.17) is 23.7 Å². The largest absolute Gasteiger partial charge is 0.508 e. The van der Waals surface area contributed by atoms with Gasteiger partial charge in [-0.3, -0.25) is 0 Å². The van der Waals surface area contributed by atoms with E-state index in [9.17, 15) is 14.7 Å². The van der Waals surface area contributed by atoms with E-state index in [1.807, 2.05) is 0 Å². The summed E-state index contributed by atoms with van der Waals surface area (Å²) >= 11 is 0. The lowest BCUT2D eigenvalue weighted by molar-refractivity contribution is -0.156. The Morgan fingerprint density at radius 2 is 1.89 bits per heavy atom. The Morgan fingerprint density at radius 1 is 1.26 bits per heavy atom. The number of ether oxygens (including phenoxy) is 5. The zero-order chi connectivity index (χ0) is 20.2. The number of hydrogen-bond donors (Lipinski definition) is 1. The van der Waals surface area contributed by atoms with Crippen LogP contribution in [0.3, 0.4) is 0 Å². The highest BCUT2D eigenvalue weighted by molar-refractivity contribution is 5.82. The van der Waals surface area contributed by atoms with Crippen molar-refractivity contribution in [3.05, 3.63) is 29.8 Å². The molecule has 8 nitrogen and oxygen atoms in total. The van der Waals surface area contributed by atoms with E-state index in [1.165, 1.54) is 6.92 Å². The number of methoxy groups -OCH3 is 1. The molecule has 1 N–H and O–H groups in total. The van der Waals surface area contributed by atoms with Gasteiger partial charge in [0.1, 0.15) is 24.1 Å². The number of carbonyl (C=O) groups excluding carboxylic acids is 2. The number of carbonyl (C=O) groups is 2. The van der Waals surface area contributed by atoms with Crippen LogP contribution >= 0.6 is 0 Å². The molecule has 0 aromatic heterocycles. The number of aliphatic hydroxyl groups is 1. The highest BCUT2D eigenvalue weighted by Crippen LogP contribution is 2.30. The highest BCUT2D eigenvalue weighted by atomic mass is 16.7. The summed E-state index contributed by atoms with van der Waals surface area (Å²) in [6.07, 6.45) is -2.84. The Labute approximate surface area is 158 Å². The smallest absolute Gasteiger partial charge is 0.497 e. The van der Waals surface area contributed by atoms with Gasteiger partial charge in [0.05, 0.1) is 13.7 Å². The fourth-order valence-corrected chi connectivity index (χ4v) is 2.53. The molecule has 0 saturated carbocycles. The Hall–Kier alpha value is -2.32. The van der Waals surface area contributed by atoms with Gasteiger partial charge in [-0.25, -0.2) is 9.59 Å². The molecule has 0 radical (unpaired) electrons. The van der Waals surface area contributed by atoms with E-state index >= 15 is 0 Å². The van der Waals surface area contributed by atoms with E-state index in [2.05, 4.69) is 0 Å². The minimum absolute atomic E-state index is 0.129. The fourth-order valence-electron chi connectivity index (χ4n) is 2.53. The molecule has 2 rings (SSSR count). The third kappa shape index (κ3) is 5.58. The van der Waals surface area contributed by atoms with Crippen LogP contribution in [-0.4, -0.2) is 54.4 Å². The van der Waals surface area contributed by atoms with E-state index in [-0.39, 0.29) is 13.2 Å². The zero-order valence-corrected chi connectivity index (χ0v) is 16.2. The normalized spacial score (nSPS) is 25.0. The van der Waals surface area contributed by atoms with E-state index in [0.29, 0.717) is 5.75 Å². The van der Waals surface area contributed by atoms with Crippen LogP contribution in [0.15, 0.2) is 24.3 Å². The van der Waals surface area contributed by atoms with E-state index in [0.717, 1.165) is 5.56 Å². The average Bonchev–Trinajstić information content (AvgIpc) is 2.79. The zero-order valence-electron chi connectivity index (χ0n) is 16.2. The minimum Gasteiger partial charge on any atom is -0.497 e. The van der Waals surface area contributed by atoms with Crippen molar-refractivity contribution in [2.45, 2.75) is 57.7 Å². The molecule has 150 valence electrons. The van der Waals surface area contributed by atoms with E-state index in [1.54, 1.807) is 52.1 Å². The van der Waals surface area contributed by atoms with Gasteiger partial charge in [-0.15, -0.1) is 0 Å². The minimum atomic E-state index is -1.85. The summed E-state index contributed by atoms with van der Waals surface area (Å²) in [5.74, 6) is -0.131. The summed E-state index contributed by atoms with van der Waals surface area (Å²) in [6, 6.07) is 7.15. The average molecular weight is 382 g/mol. The molecule has 1 aromatic carbocycles. The van der Waals surface area contributed by atoms with Crippen LogP contribution in [0.5, 0.6) is 5.75 Å². The van der Waals surface area contributed by atoms with Crippen molar-refractivity contribution in [3.63, 3.8) is 0 Å². The second-order valence-corrected chi connectivity index (χ2v) is 7.45. The second kappa shape index (κ2) is 8.14. The number of esters is 1. The summed E-state index contributed by atoms with van der Waals surface area (Å²) in [4.78, 5) is 23.6. The lowest BCUT2D eigenvalue weighted by atomic mass is 9.98. The van der Waals surface area contributed by atoms with Crippen molar-refractivity contribution in [1.82, 2.24) is 0 Å². The first-order valence-corrected chi connectivity index (χ1v) is 8.56. The van der Waals surface area contributed by atoms with Gasteiger partial charge in [0.2, 0.25) is 0 Å². The molecule has 0 unspecified atom stereocenters. The maximum Gasteiger partial charge on any atom is 0.508 e. The quantitative estimate of drug-likeness (QED) is 0.748. The van der Waals surface area contributed by atoms with Crippen LogP contribution in [0.25, 0.3) is 0 Å². The SMILES string of the molecule is COc1ccc(CO[C@@H]2[C@@H](COC(=O)OC(C)(C)C)OC(=O)[C@@]2(C)O)cc1. The molecule has 27 heavy (non-hydrogen) atoms. The van der Waals surface area contributed by atoms with Crippen molar-refractivity contribution in [1.29, 1.82) is 0 Å². The molecule has 8 heteroatoms. The predicted molar refractivity (Wildman–Crippen MR) is 94.3 cm³/mol. The maximum absolute atomic E-state index is 11.9. The molecule has 1 fully saturated rings. The van der Waals surface area contributed by atoms with E-state index < -0.39 is 35.5 Å².